The van der Waals surface area contributed by atoms with Crippen molar-refractivity contribution in [2.24, 2.45) is 11.8 Å². The third kappa shape index (κ3) is 6.48. The summed E-state index contributed by atoms with van der Waals surface area (Å²) < 4.78 is 2.03. The van der Waals surface area contributed by atoms with Crippen LogP contribution in [0.2, 0.25) is 0 Å². The van der Waals surface area contributed by atoms with E-state index in [1.54, 1.807) is 5.56 Å². The van der Waals surface area contributed by atoms with E-state index >= 15 is 0 Å². The van der Waals surface area contributed by atoms with Crippen LogP contribution in [0.3, 0.4) is 0 Å². The van der Waals surface area contributed by atoms with Crippen molar-refractivity contribution in [3.63, 3.8) is 0 Å². The van der Waals surface area contributed by atoms with Crippen molar-refractivity contribution in [1.29, 1.82) is 0 Å². The van der Waals surface area contributed by atoms with E-state index in [1.165, 1.54) is 80.2 Å². The van der Waals surface area contributed by atoms with Crippen LogP contribution in [0, 0.1) is 18.8 Å². The minimum atomic E-state index is 0.353. The molecule has 4 nitrogen and oxygen atoms in total. The number of aryl methyl sites for hydroxylation is 2. The van der Waals surface area contributed by atoms with Gasteiger partial charge in [-0.25, -0.2) is 4.98 Å². The molecule has 4 heteroatoms. The predicted octanol–water partition coefficient (Wildman–Crippen LogP) is 9.27. The van der Waals surface area contributed by atoms with Crippen molar-refractivity contribution in [3.05, 3.63) is 77.9 Å². The van der Waals surface area contributed by atoms with Crippen LogP contribution in [0.15, 0.2) is 61.2 Å². The largest absolute Gasteiger partial charge is 0.330 e. The van der Waals surface area contributed by atoms with Gasteiger partial charge in [-0.1, -0.05) is 51.0 Å². The molecule has 0 radical (unpaired) electrons. The molecule has 2 aromatic heterocycles. The molecule has 2 aliphatic carbocycles. The van der Waals surface area contributed by atoms with E-state index in [0.29, 0.717) is 23.8 Å². The first-order valence-electron chi connectivity index (χ1n) is 15.5. The van der Waals surface area contributed by atoms with Crippen molar-refractivity contribution in [3.8, 4) is 11.1 Å². The molecule has 0 amide bonds. The number of allylic oxidation sites excluding steroid dienone is 1. The van der Waals surface area contributed by atoms with E-state index in [4.69, 9.17) is 11.6 Å². The molecule has 0 unspecified atom stereocenters. The van der Waals surface area contributed by atoms with Crippen LogP contribution in [0.4, 0.5) is 5.82 Å². The monoisotopic (exact) mass is 524 g/mol. The normalized spacial score (nSPS) is 20.3. The molecule has 1 aromatic carbocycles. The summed E-state index contributed by atoms with van der Waals surface area (Å²) in [6, 6.07) is 11.9. The lowest BCUT2D eigenvalue weighted by atomic mass is 9.77. The van der Waals surface area contributed by atoms with Crippen molar-refractivity contribution in [2.45, 2.75) is 104 Å². The van der Waals surface area contributed by atoms with Crippen LogP contribution in [0.5, 0.6) is 0 Å². The second kappa shape index (κ2) is 12.5. The maximum Gasteiger partial charge on any atom is 0.133 e. The highest BCUT2D eigenvalue weighted by Gasteiger charge is 2.28. The number of hydrogen-bond acceptors (Lipinski definition) is 3. The average molecular weight is 525 g/mol. The van der Waals surface area contributed by atoms with Gasteiger partial charge in [-0.15, -0.1) is 0 Å². The van der Waals surface area contributed by atoms with Crippen LogP contribution >= 0.6 is 0 Å². The summed E-state index contributed by atoms with van der Waals surface area (Å²) in [6.45, 7) is 14.6. The lowest BCUT2D eigenvalue weighted by Gasteiger charge is -2.37. The lowest BCUT2D eigenvalue weighted by molar-refractivity contribution is 0.323. The molecule has 5 rings (SSSR count). The van der Waals surface area contributed by atoms with Crippen molar-refractivity contribution < 1.29 is 0 Å². The van der Waals surface area contributed by atoms with Gasteiger partial charge in [0.05, 0.1) is 6.20 Å². The second-order valence-corrected chi connectivity index (χ2v) is 12.4. The van der Waals surface area contributed by atoms with Crippen LogP contribution in [-0.4, -0.2) is 21.3 Å². The zero-order valence-electron chi connectivity index (χ0n) is 24.7. The van der Waals surface area contributed by atoms with E-state index in [1.807, 2.05) is 17.1 Å². The van der Waals surface area contributed by atoms with Gasteiger partial charge in [0.2, 0.25) is 0 Å². The first-order valence-corrected chi connectivity index (χ1v) is 15.5. The Morgan fingerprint density at radius 2 is 1.77 bits per heavy atom. The molecule has 3 aromatic rings. The average Bonchev–Trinajstić information content (AvgIpc) is 3.48. The Morgan fingerprint density at radius 1 is 1.00 bits per heavy atom. The first kappa shape index (κ1) is 27.7. The Balaban J connectivity index is 1.33. The summed E-state index contributed by atoms with van der Waals surface area (Å²) in [7, 11) is 0. The molecule has 0 spiro atoms. The summed E-state index contributed by atoms with van der Waals surface area (Å²) in [6.07, 6.45) is 18.8. The zero-order valence-corrected chi connectivity index (χ0v) is 24.7. The molecule has 0 N–H and O–H groups in total. The predicted molar refractivity (Wildman–Crippen MR) is 164 cm³/mol. The van der Waals surface area contributed by atoms with E-state index < -0.39 is 0 Å². The van der Waals surface area contributed by atoms with E-state index in [2.05, 4.69) is 74.2 Å². The third-order valence-electron chi connectivity index (χ3n) is 9.42. The smallest absolute Gasteiger partial charge is 0.133 e. The van der Waals surface area contributed by atoms with Gasteiger partial charge in [0, 0.05) is 36.2 Å². The van der Waals surface area contributed by atoms with Gasteiger partial charge < -0.3 is 4.90 Å². The van der Waals surface area contributed by atoms with Gasteiger partial charge in [-0.2, -0.15) is 5.10 Å². The minimum absolute atomic E-state index is 0.353. The highest BCUT2D eigenvalue weighted by Crippen LogP contribution is 2.39. The maximum absolute atomic E-state index is 4.91. The first-order chi connectivity index (χ1) is 18.9. The number of anilines is 1. The molecule has 208 valence electrons. The number of rotatable bonds is 9. The topological polar surface area (TPSA) is 34.0 Å². The Hall–Kier alpha value is -2.88. The molecule has 2 aliphatic rings. The number of hydrogen-bond donors (Lipinski definition) is 0. The van der Waals surface area contributed by atoms with Crippen molar-refractivity contribution in [2.75, 3.05) is 11.4 Å². The molecular formula is C35H48N4. The van der Waals surface area contributed by atoms with Gasteiger partial charge >= 0.3 is 0 Å². The Morgan fingerprint density at radius 3 is 2.44 bits per heavy atom. The third-order valence-corrected chi connectivity index (χ3v) is 9.42. The molecule has 2 saturated carbocycles. The molecule has 2 fully saturated rings. The summed E-state index contributed by atoms with van der Waals surface area (Å²) >= 11 is 0. The fraction of sp³-hybridized carbons (Fsp3) is 0.543. The number of pyridine rings is 1. The molecule has 39 heavy (non-hydrogen) atoms. The van der Waals surface area contributed by atoms with Gasteiger partial charge in [-0.05, 0) is 118 Å². The molecule has 0 aliphatic heterocycles. The molecule has 0 saturated heterocycles. The fourth-order valence-electron chi connectivity index (χ4n) is 6.84. The Bertz CT molecular complexity index is 1240. The van der Waals surface area contributed by atoms with Gasteiger partial charge in [0.1, 0.15) is 5.82 Å². The summed E-state index contributed by atoms with van der Waals surface area (Å²) in [4.78, 5) is 7.41. The standard InChI is InChI=1S/C35H48N4/c1-6-29-16-17-32(20-26(29)4)31-14-12-28(13-15-31)23-38(27(5)30-10-8-7-9-11-30)35-21-33(18-19-36-35)34-22-37-39(24-34)25(2)3/h16-22,24-25,28,30-31H,5-15,23H2,1-4H3. The van der Waals surface area contributed by atoms with Crippen LogP contribution in [0.1, 0.15) is 107 Å². The Kier molecular flexibility index (Phi) is 8.89. The molecule has 0 bridgehead atoms. The summed E-state index contributed by atoms with van der Waals surface area (Å²) in [5, 5.41) is 4.58. The number of aromatic nitrogens is 3. The SMILES string of the molecule is C=C(C1CCCCC1)N(CC1CCC(c2ccc(CC)c(C)c2)CC1)c1cc(-c2cnn(C(C)C)c2)ccn1. The highest BCUT2D eigenvalue weighted by atomic mass is 15.3. The fourth-order valence-corrected chi connectivity index (χ4v) is 6.84. The van der Waals surface area contributed by atoms with Gasteiger partial charge in [-0.3, -0.25) is 4.68 Å². The highest BCUT2D eigenvalue weighted by molar-refractivity contribution is 5.66. The molecular weight excluding hydrogens is 476 g/mol. The maximum atomic E-state index is 4.91. The van der Waals surface area contributed by atoms with Gasteiger partial charge in [0.25, 0.3) is 0 Å². The minimum Gasteiger partial charge on any atom is -0.330 e. The quantitative estimate of drug-likeness (QED) is 0.280. The van der Waals surface area contributed by atoms with Crippen LogP contribution in [-0.2, 0) is 6.42 Å². The van der Waals surface area contributed by atoms with Gasteiger partial charge in [0.15, 0.2) is 0 Å². The van der Waals surface area contributed by atoms with E-state index in [9.17, 15) is 0 Å². The number of nitrogens with zero attached hydrogens (tertiary/aromatic N) is 4. The number of benzene rings is 1. The van der Waals surface area contributed by atoms with E-state index in [0.717, 1.165) is 24.3 Å². The molecule has 0 atom stereocenters. The van der Waals surface area contributed by atoms with Crippen molar-refractivity contribution in [1.82, 2.24) is 14.8 Å². The summed E-state index contributed by atoms with van der Waals surface area (Å²) in [5.74, 6) is 2.99. The zero-order chi connectivity index (χ0) is 27.4. The molecule has 2 heterocycles. The van der Waals surface area contributed by atoms with Crippen LogP contribution < -0.4 is 4.90 Å². The van der Waals surface area contributed by atoms with Crippen LogP contribution in [0.25, 0.3) is 11.1 Å². The lowest BCUT2D eigenvalue weighted by Crippen LogP contribution is -2.34. The van der Waals surface area contributed by atoms with Crippen molar-refractivity contribution >= 4 is 5.82 Å². The second-order valence-electron chi connectivity index (χ2n) is 12.4. The Labute approximate surface area is 236 Å². The summed E-state index contributed by atoms with van der Waals surface area (Å²) in [5.41, 5.74) is 8.10. The van der Waals surface area contributed by atoms with E-state index in [-0.39, 0.29) is 0 Å².